The van der Waals surface area contributed by atoms with Crippen molar-refractivity contribution >= 4 is 5.97 Å². The fourth-order valence-corrected chi connectivity index (χ4v) is 1.82. The molecule has 2 N–H and O–H groups in total. The molecule has 0 saturated carbocycles. The summed E-state index contributed by atoms with van der Waals surface area (Å²) in [6, 6.07) is 5.60. The zero-order valence-electron chi connectivity index (χ0n) is 11.7. The first-order valence-corrected chi connectivity index (χ1v) is 6.38. The van der Waals surface area contributed by atoms with Crippen LogP contribution < -0.4 is 5.73 Å². The molecule has 1 rings (SSSR count). The molecule has 18 heavy (non-hydrogen) atoms. The van der Waals surface area contributed by atoms with E-state index in [9.17, 15) is 4.79 Å². The predicted molar refractivity (Wildman–Crippen MR) is 73.1 cm³/mol. The lowest BCUT2D eigenvalue weighted by atomic mass is 10.0. The average Bonchev–Trinajstić information content (AvgIpc) is 2.29. The number of esters is 1. The predicted octanol–water partition coefficient (Wildman–Crippen LogP) is 2.72. The Bertz CT molecular complexity index is 413. The molecule has 1 unspecified atom stereocenters. The van der Waals surface area contributed by atoms with Gasteiger partial charge in [-0.05, 0) is 37.3 Å². The molecule has 0 amide bonds. The normalized spacial score (nSPS) is 12.6. The number of aryl methyl sites for hydroxylation is 2. The lowest BCUT2D eigenvalue weighted by Crippen LogP contribution is -2.33. The number of nitrogens with two attached hydrogens (primary N) is 1. The second kappa shape index (κ2) is 6.55. The molecule has 0 heterocycles. The molecule has 0 aromatic heterocycles. The Morgan fingerprint density at radius 1 is 1.33 bits per heavy atom. The number of benzene rings is 1. The van der Waals surface area contributed by atoms with Crippen molar-refractivity contribution in [2.24, 2.45) is 11.7 Å². The van der Waals surface area contributed by atoms with Crippen LogP contribution in [0.5, 0.6) is 0 Å². The number of rotatable bonds is 5. The Balaban J connectivity index is 2.54. The highest BCUT2D eigenvalue weighted by Gasteiger charge is 2.16. The van der Waals surface area contributed by atoms with Gasteiger partial charge in [-0.1, -0.05) is 37.6 Å². The first-order valence-electron chi connectivity index (χ1n) is 6.38. The van der Waals surface area contributed by atoms with Gasteiger partial charge in [0, 0.05) is 0 Å². The highest BCUT2D eigenvalue weighted by Crippen LogP contribution is 2.12. The lowest BCUT2D eigenvalue weighted by molar-refractivity contribution is -0.146. The maximum absolute atomic E-state index is 11.7. The average molecular weight is 249 g/mol. The Hall–Kier alpha value is -1.35. The smallest absolute Gasteiger partial charge is 0.323 e. The van der Waals surface area contributed by atoms with Crippen LogP contribution in [0.25, 0.3) is 0 Å². The first-order chi connectivity index (χ1) is 8.40. The Kier molecular flexibility index (Phi) is 5.35. The molecule has 100 valence electrons. The van der Waals surface area contributed by atoms with Gasteiger partial charge in [0.25, 0.3) is 0 Å². The van der Waals surface area contributed by atoms with Crippen molar-refractivity contribution in [3.63, 3.8) is 0 Å². The highest BCUT2D eigenvalue weighted by molar-refractivity contribution is 5.75. The van der Waals surface area contributed by atoms with Gasteiger partial charge in [0.1, 0.15) is 12.6 Å². The minimum absolute atomic E-state index is 0.304. The summed E-state index contributed by atoms with van der Waals surface area (Å²) in [7, 11) is 0. The SMILES string of the molecule is Cc1ccc(C)c(COC(=O)C(N)CC(C)C)c1. The van der Waals surface area contributed by atoms with Crippen molar-refractivity contribution in [1.82, 2.24) is 0 Å². The molecule has 0 saturated heterocycles. The van der Waals surface area contributed by atoms with Crippen LogP contribution in [0.15, 0.2) is 18.2 Å². The third-order valence-electron chi connectivity index (χ3n) is 2.90. The summed E-state index contributed by atoms with van der Waals surface area (Å²) in [6.45, 7) is 8.42. The summed E-state index contributed by atoms with van der Waals surface area (Å²) in [5, 5.41) is 0. The quantitative estimate of drug-likeness (QED) is 0.816. The molecule has 0 aliphatic rings. The van der Waals surface area contributed by atoms with E-state index >= 15 is 0 Å². The van der Waals surface area contributed by atoms with E-state index in [0.717, 1.165) is 16.7 Å². The first kappa shape index (κ1) is 14.7. The lowest BCUT2D eigenvalue weighted by Gasteiger charge is -2.14. The third kappa shape index (κ3) is 4.49. The van der Waals surface area contributed by atoms with Crippen LogP contribution in [0.4, 0.5) is 0 Å². The molecule has 3 nitrogen and oxygen atoms in total. The molecule has 3 heteroatoms. The van der Waals surface area contributed by atoms with Gasteiger partial charge < -0.3 is 10.5 Å². The summed E-state index contributed by atoms with van der Waals surface area (Å²) in [6.07, 6.45) is 0.658. The summed E-state index contributed by atoms with van der Waals surface area (Å²) in [4.78, 5) is 11.7. The number of hydrogen-bond acceptors (Lipinski definition) is 3. The maximum atomic E-state index is 11.7. The van der Waals surface area contributed by atoms with Crippen LogP contribution in [0.1, 0.15) is 37.0 Å². The fraction of sp³-hybridized carbons (Fsp3) is 0.533. The Morgan fingerprint density at radius 2 is 2.00 bits per heavy atom. The second-order valence-corrected chi connectivity index (χ2v) is 5.27. The maximum Gasteiger partial charge on any atom is 0.323 e. The van der Waals surface area contributed by atoms with Crippen molar-refractivity contribution in [3.8, 4) is 0 Å². The van der Waals surface area contributed by atoms with Crippen LogP contribution in [-0.4, -0.2) is 12.0 Å². The van der Waals surface area contributed by atoms with E-state index in [0.29, 0.717) is 18.9 Å². The van der Waals surface area contributed by atoms with Crippen molar-refractivity contribution in [1.29, 1.82) is 0 Å². The van der Waals surface area contributed by atoms with Gasteiger partial charge >= 0.3 is 5.97 Å². The molecule has 1 aromatic rings. The molecular weight excluding hydrogens is 226 g/mol. The topological polar surface area (TPSA) is 52.3 Å². The van der Waals surface area contributed by atoms with E-state index in [1.54, 1.807) is 0 Å². The third-order valence-corrected chi connectivity index (χ3v) is 2.90. The van der Waals surface area contributed by atoms with Crippen molar-refractivity contribution < 1.29 is 9.53 Å². The number of carbonyl (C=O) groups is 1. The number of carbonyl (C=O) groups excluding carboxylic acids is 1. The molecule has 1 aromatic carbocycles. The summed E-state index contributed by atoms with van der Waals surface area (Å²) >= 11 is 0. The molecule has 0 spiro atoms. The van der Waals surface area contributed by atoms with Gasteiger partial charge in [0.05, 0.1) is 0 Å². The number of ether oxygens (including phenoxy) is 1. The van der Waals surface area contributed by atoms with Crippen LogP contribution >= 0.6 is 0 Å². The van der Waals surface area contributed by atoms with Crippen molar-refractivity contribution in [2.75, 3.05) is 0 Å². The van der Waals surface area contributed by atoms with Gasteiger partial charge in [0.15, 0.2) is 0 Å². The van der Waals surface area contributed by atoms with Gasteiger partial charge in [-0.2, -0.15) is 0 Å². The molecule has 0 aliphatic carbocycles. The molecule has 0 aliphatic heterocycles. The fourth-order valence-electron chi connectivity index (χ4n) is 1.82. The van der Waals surface area contributed by atoms with E-state index in [1.807, 2.05) is 45.9 Å². The molecule has 0 bridgehead atoms. The minimum Gasteiger partial charge on any atom is -0.460 e. The molecule has 0 fully saturated rings. The van der Waals surface area contributed by atoms with Crippen LogP contribution in [-0.2, 0) is 16.1 Å². The summed E-state index contributed by atoms with van der Waals surface area (Å²) in [5.74, 6) is 0.0814. The van der Waals surface area contributed by atoms with E-state index < -0.39 is 6.04 Å². The van der Waals surface area contributed by atoms with Crippen LogP contribution in [0.3, 0.4) is 0 Å². The highest BCUT2D eigenvalue weighted by atomic mass is 16.5. The van der Waals surface area contributed by atoms with E-state index in [1.165, 1.54) is 0 Å². The van der Waals surface area contributed by atoms with Crippen LogP contribution in [0, 0.1) is 19.8 Å². The van der Waals surface area contributed by atoms with E-state index in [4.69, 9.17) is 10.5 Å². The molecule has 1 atom stereocenters. The minimum atomic E-state index is -0.518. The molecule has 0 radical (unpaired) electrons. The van der Waals surface area contributed by atoms with E-state index in [2.05, 4.69) is 0 Å². The standard InChI is InChI=1S/C15H23NO2/c1-10(2)7-14(16)15(17)18-9-13-8-11(3)5-6-12(13)4/h5-6,8,10,14H,7,9,16H2,1-4H3. The van der Waals surface area contributed by atoms with Crippen molar-refractivity contribution in [2.45, 2.75) is 46.8 Å². The zero-order chi connectivity index (χ0) is 13.7. The van der Waals surface area contributed by atoms with Gasteiger partial charge in [-0.25, -0.2) is 0 Å². The summed E-state index contributed by atoms with van der Waals surface area (Å²) in [5.41, 5.74) is 9.11. The van der Waals surface area contributed by atoms with Gasteiger partial charge in [0.2, 0.25) is 0 Å². The Labute approximate surface area is 109 Å². The second-order valence-electron chi connectivity index (χ2n) is 5.27. The van der Waals surface area contributed by atoms with Gasteiger partial charge in [-0.15, -0.1) is 0 Å². The molecular formula is C15H23NO2. The monoisotopic (exact) mass is 249 g/mol. The van der Waals surface area contributed by atoms with E-state index in [-0.39, 0.29) is 5.97 Å². The van der Waals surface area contributed by atoms with Crippen molar-refractivity contribution in [3.05, 3.63) is 34.9 Å². The van der Waals surface area contributed by atoms with Crippen LogP contribution in [0.2, 0.25) is 0 Å². The zero-order valence-corrected chi connectivity index (χ0v) is 11.7. The Morgan fingerprint density at radius 3 is 2.61 bits per heavy atom. The largest absolute Gasteiger partial charge is 0.460 e. The summed E-state index contributed by atoms with van der Waals surface area (Å²) < 4.78 is 5.26. The van der Waals surface area contributed by atoms with Gasteiger partial charge in [-0.3, -0.25) is 4.79 Å². The number of hydrogen-bond donors (Lipinski definition) is 1.